The molecule has 1 fully saturated rings. The topological polar surface area (TPSA) is 77.5 Å². The molecule has 1 aliphatic heterocycles. The number of pyridine rings is 1. The van der Waals surface area contributed by atoms with E-state index in [0.29, 0.717) is 25.5 Å². The van der Waals surface area contributed by atoms with Gasteiger partial charge in [0.15, 0.2) is 0 Å². The Labute approximate surface area is 147 Å². The number of rotatable bonds is 6. The molecule has 1 aromatic heterocycles. The van der Waals surface area contributed by atoms with E-state index >= 15 is 0 Å². The Morgan fingerprint density at radius 2 is 1.96 bits per heavy atom. The molecule has 1 N–H and O–H groups in total. The summed E-state index contributed by atoms with van der Waals surface area (Å²) in [6.07, 6.45) is 3.30. The highest BCUT2D eigenvalue weighted by atomic mass is 32.2. The fourth-order valence-corrected chi connectivity index (χ4v) is 3.62. The minimum Gasteiger partial charge on any atom is -0.470 e. The summed E-state index contributed by atoms with van der Waals surface area (Å²) in [5.41, 5.74) is 0.820. The molecule has 2 atom stereocenters. The Morgan fingerprint density at radius 1 is 1.16 bits per heavy atom. The van der Waals surface area contributed by atoms with Crippen LogP contribution in [0, 0.1) is 0 Å². The Kier molecular flexibility index (Phi) is 5.80. The second kappa shape index (κ2) is 8.24. The van der Waals surface area contributed by atoms with Crippen LogP contribution in [0.25, 0.3) is 6.08 Å². The van der Waals surface area contributed by atoms with Crippen molar-refractivity contribution in [1.29, 1.82) is 0 Å². The lowest BCUT2D eigenvalue weighted by Gasteiger charge is -2.31. The molecule has 0 aliphatic carbocycles. The van der Waals surface area contributed by atoms with E-state index in [0.717, 1.165) is 5.56 Å². The van der Waals surface area contributed by atoms with Crippen LogP contribution in [0.1, 0.15) is 12.0 Å². The highest BCUT2D eigenvalue weighted by molar-refractivity contribution is 7.92. The van der Waals surface area contributed by atoms with Crippen molar-refractivity contribution >= 4 is 16.1 Å². The number of benzene rings is 1. The van der Waals surface area contributed by atoms with Gasteiger partial charge in [-0.2, -0.15) is 0 Å². The van der Waals surface area contributed by atoms with Crippen molar-refractivity contribution in [2.45, 2.75) is 18.6 Å². The molecule has 3 rings (SSSR count). The standard InChI is InChI=1S/C18H20N2O4S/c21-25(22,13-10-15-6-2-1-3-7-15)20-16-9-12-23-14-17(16)24-18-8-4-5-11-19-18/h1-8,10-11,13,16-17,20H,9,12,14H2/b13-10+/t16-,17-/m1/s1. The van der Waals surface area contributed by atoms with Gasteiger partial charge in [-0.05, 0) is 24.1 Å². The van der Waals surface area contributed by atoms with Crippen molar-refractivity contribution in [3.05, 3.63) is 65.7 Å². The molecule has 0 unspecified atom stereocenters. The summed E-state index contributed by atoms with van der Waals surface area (Å²) in [6.45, 7) is 0.795. The molecule has 6 nitrogen and oxygen atoms in total. The zero-order valence-electron chi connectivity index (χ0n) is 13.6. The molecule has 2 aromatic rings. The van der Waals surface area contributed by atoms with E-state index in [1.165, 1.54) is 5.41 Å². The number of aromatic nitrogens is 1. The molecule has 0 bridgehead atoms. The number of hydrogen-bond donors (Lipinski definition) is 1. The molecular formula is C18H20N2O4S. The highest BCUT2D eigenvalue weighted by Gasteiger charge is 2.30. The molecule has 2 heterocycles. The molecule has 1 aliphatic rings. The van der Waals surface area contributed by atoms with Crippen LogP contribution in [0.3, 0.4) is 0 Å². The van der Waals surface area contributed by atoms with Gasteiger partial charge in [0.25, 0.3) is 0 Å². The maximum absolute atomic E-state index is 12.4. The van der Waals surface area contributed by atoms with Crippen molar-refractivity contribution in [2.24, 2.45) is 0 Å². The number of nitrogens with zero attached hydrogens (tertiary/aromatic N) is 1. The van der Waals surface area contributed by atoms with Gasteiger partial charge >= 0.3 is 0 Å². The average Bonchev–Trinajstić information content (AvgIpc) is 2.63. The second-order valence-electron chi connectivity index (χ2n) is 5.67. The van der Waals surface area contributed by atoms with Crippen molar-refractivity contribution in [3.8, 4) is 5.88 Å². The summed E-state index contributed by atoms with van der Waals surface area (Å²) in [4.78, 5) is 4.11. The molecule has 25 heavy (non-hydrogen) atoms. The van der Waals surface area contributed by atoms with E-state index in [4.69, 9.17) is 9.47 Å². The third-order valence-electron chi connectivity index (χ3n) is 3.77. The lowest BCUT2D eigenvalue weighted by molar-refractivity contribution is -0.0110. The number of nitrogens with one attached hydrogen (secondary N) is 1. The quantitative estimate of drug-likeness (QED) is 0.855. The van der Waals surface area contributed by atoms with Crippen LogP contribution in [0.15, 0.2) is 60.1 Å². The molecule has 7 heteroatoms. The van der Waals surface area contributed by atoms with Crippen LogP contribution in [0.5, 0.6) is 5.88 Å². The van der Waals surface area contributed by atoms with E-state index in [9.17, 15) is 8.42 Å². The van der Waals surface area contributed by atoms with E-state index in [1.54, 1.807) is 24.4 Å². The maximum atomic E-state index is 12.4. The monoisotopic (exact) mass is 360 g/mol. The van der Waals surface area contributed by atoms with Gasteiger partial charge in [0.05, 0.1) is 12.6 Å². The third kappa shape index (κ3) is 5.38. The third-order valence-corrected chi connectivity index (χ3v) is 4.89. The van der Waals surface area contributed by atoms with Crippen molar-refractivity contribution in [3.63, 3.8) is 0 Å². The van der Waals surface area contributed by atoms with Crippen molar-refractivity contribution < 1.29 is 17.9 Å². The lowest BCUT2D eigenvalue weighted by Crippen LogP contribution is -2.50. The first-order valence-corrected chi connectivity index (χ1v) is 9.58. The average molecular weight is 360 g/mol. The minimum atomic E-state index is -3.59. The number of sulfonamides is 1. The Morgan fingerprint density at radius 3 is 2.72 bits per heavy atom. The summed E-state index contributed by atoms with van der Waals surface area (Å²) >= 11 is 0. The summed E-state index contributed by atoms with van der Waals surface area (Å²) in [5, 5.41) is 1.18. The van der Waals surface area contributed by atoms with Gasteiger partial charge in [-0.25, -0.2) is 18.1 Å². The maximum Gasteiger partial charge on any atom is 0.234 e. The van der Waals surface area contributed by atoms with Crippen LogP contribution in [-0.2, 0) is 14.8 Å². The molecule has 1 aromatic carbocycles. The molecule has 0 amide bonds. The van der Waals surface area contributed by atoms with Gasteiger partial charge in [-0.3, -0.25) is 0 Å². The normalized spacial score (nSPS) is 21.3. The van der Waals surface area contributed by atoms with Gasteiger partial charge in [0.1, 0.15) is 6.10 Å². The molecule has 0 spiro atoms. The van der Waals surface area contributed by atoms with Crippen LogP contribution in [0.4, 0.5) is 0 Å². The van der Waals surface area contributed by atoms with E-state index < -0.39 is 16.1 Å². The number of ether oxygens (including phenoxy) is 2. The number of hydrogen-bond acceptors (Lipinski definition) is 5. The van der Waals surface area contributed by atoms with Crippen LogP contribution < -0.4 is 9.46 Å². The summed E-state index contributed by atoms with van der Waals surface area (Å²) in [6, 6.07) is 14.2. The molecule has 132 valence electrons. The Bertz CT molecular complexity index is 794. The van der Waals surface area contributed by atoms with Crippen LogP contribution in [-0.4, -0.2) is 38.8 Å². The van der Waals surface area contributed by atoms with E-state index in [-0.39, 0.29) is 6.04 Å². The summed E-state index contributed by atoms with van der Waals surface area (Å²) in [5.74, 6) is 0.446. The Hall–Kier alpha value is -2.22. The van der Waals surface area contributed by atoms with E-state index in [2.05, 4.69) is 9.71 Å². The summed E-state index contributed by atoms with van der Waals surface area (Å²) < 4.78 is 38.6. The molecule has 1 saturated heterocycles. The fourth-order valence-electron chi connectivity index (χ4n) is 2.52. The van der Waals surface area contributed by atoms with Gasteiger partial charge in [0, 0.05) is 24.3 Å². The summed E-state index contributed by atoms with van der Waals surface area (Å²) in [7, 11) is -3.59. The smallest absolute Gasteiger partial charge is 0.234 e. The highest BCUT2D eigenvalue weighted by Crippen LogP contribution is 2.16. The van der Waals surface area contributed by atoms with Gasteiger partial charge in [-0.15, -0.1) is 0 Å². The van der Waals surface area contributed by atoms with Gasteiger partial charge < -0.3 is 9.47 Å². The van der Waals surface area contributed by atoms with Crippen molar-refractivity contribution in [1.82, 2.24) is 9.71 Å². The molecular weight excluding hydrogens is 340 g/mol. The first-order chi connectivity index (χ1) is 12.1. The largest absolute Gasteiger partial charge is 0.470 e. The zero-order valence-corrected chi connectivity index (χ0v) is 14.4. The SMILES string of the molecule is O=S(=O)(/C=C/c1ccccc1)N[C@@H]1CCOC[C@H]1Oc1ccccn1. The van der Waals surface area contributed by atoms with Gasteiger partial charge in [-0.1, -0.05) is 36.4 Å². The van der Waals surface area contributed by atoms with Gasteiger partial charge in [0.2, 0.25) is 15.9 Å². The fraction of sp³-hybridized carbons (Fsp3) is 0.278. The first-order valence-electron chi connectivity index (χ1n) is 8.03. The first kappa shape index (κ1) is 17.6. The lowest BCUT2D eigenvalue weighted by atomic mass is 10.1. The Balaban J connectivity index is 1.67. The minimum absolute atomic E-state index is 0.312. The molecule has 0 radical (unpaired) electrons. The predicted octanol–water partition coefficient (Wildman–Crippen LogP) is 2.21. The molecule has 0 saturated carbocycles. The zero-order chi connectivity index (χ0) is 17.5. The van der Waals surface area contributed by atoms with Crippen LogP contribution >= 0.6 is 0 Å². The van der Waals surface area contributed by atoms with Crippen molar-refractivity contribution in [2.75, 3.05) is 13.2 Å². The van der Waals surface area contributed by atoms with Crippen LogP contribution in [0.2, 0.25) is 0 Å². The van der Waals surface area contributed by atoms with E-state index in [1.807, 2.05) is 36.4 Å². The second-order valence-corrected chi connectivity index (χ2v) is 7.27. The predicted molar refractivity (Wildman–Crippen MR) is 95.4 cm³/mol.